The normalized spacial score (nSPS) is 12.2. The third-order valence-corrected chi connectivity index (χ3v) is 4.09. The van der Waals surface area contributed by atoms with Gasteiger partial charge in [0.25, 0.3) is 0 Å². The maximum Gasteiger partial charge on any atom is 0.408 e. The van der Waals surface area contributed by atoms with Gasteiger partial charge >= 0.3 is 6.09 Å². The largest absolute Gasteiger partial charge is 0.444 e. The third kappa shape index (κ3) is 4.26. The fraction of sp³-hybridized carbons (Fsp3) is 0.273. The number of aromatic nitrogens is 2. The van der Waals surface area contributed by atoms with Crippen molar-refractivity contribution in [3.63, 3.8) is 0 Å². The molecule has 3 rings (SSSR count). The van der Waals surface area contributed by atoms with Crippen LogP contribution in [-0.2, 0) is 4.74 Å². The van der Waals surface area contributed by atoms with Gasteiger partial charge in [0.05, 0.1) is 34.6 Å². The second-order valence-electron chi connectivity index (χ2n) is 7.49. The molecule has 2 heterocycles. The third-order valence-electron chi connectivity index (χ3n) is 4.09. The minimum Gasteiger partial charge on any atom is -0.444 e. The summed E-state index contributed by atoms with van der Waals surface area (Å²) in [6.45, 7) is 7.29. The molecule has 1 atom stereocenters. The smallest absolute Gasteiger partial charge is 0.408 e. The summed E-state index contributed by atoms with van der Waals surface area (Å²) in [5.41, 5.74) is 2.78. The molecule has 0 aliphatic heterocycles. The van der Waals surface area contributed by atoms with Gasteiger partial charge in [-0.2, -0.15) is 5.26 Å². The molecule has 0 aliphatic carbocycles. The predicted octanol–water partition coefficient (Wildman–Crippen LogP) is 4.75. The quantitative estimate of drug-likeness (QED) is 0.714. The van der Waals surface area contributed by atoms with Crippen LogP contribution in [0.2, 0.25) is 0 Å². The Balaban J connectivity index is 2.10. The highest BCUT2D eigenvalue weighted by atomic mass is 16.6. The van der Waals surface area contributed by atoms with Crippen LogP contribution in [-0.4, -0.2) is 21.7 Å². The molecule has 0 fully saturated rings. The van der Waals surface area contributed by atoms with Gasteiger partial charge < -0.3 is 10.1 Å². The molecule has 0 aliphatic rings. The second kappa shape index (κ2) is 7.65. The van der Waals surface area contributed by atoms with Gasteiger partial charge in [-0.1, -0.05) is 12.1 Å². The highest BCUT2D eigenvalue weighted by Gasteiger charge is 2.22. The highest BCUT2D eigenvalue weighted by molar-refractivity contribution is 5.89. The van der Waals surface area contributed by atoms with Gasteiger partial charge in [0.2, 0.25) is 0 Å². The van der Waals surface area contributed by atoms with E-state index in [0.29, 0.717) is 16.8 Å². The lowest BCUT2D eigenvalue weighted by Crippen LogP contribution is -2.34. The lowest BCUT2D eigenvalue weighted by atomic mass is 9.99. The zero-order valence-electron chi connectivity index (χ0n) is 16.4. The average molecular weight is 374 g/mol. The average Bonchev–Trinajstić information content (AvgIpc) is 2.65. The van der Waals surface area contributed by atoms with Crippen molar-refractivity contribution in [2.24, 2.45) is 0 Å². The first-order valence-corrected chi connectivity index (χ1v) is 9.03. The van der Waals surface area contributed by atoms with E-state index >= 15 is 0 Å². The van der Waals surface area contributed by atoms with Crippen LogP contribution in [0.15, 0.2) is 48.7 Å². The van der Waals surface area contributed by atoms with Crippen molar-refractivity contribution in [1.29, 1.82) is 5.26 Å². The Morgan fingerprint density at radius 3 is 2.64 bits per heavy atom. The van der Waals surface area contributed by atoms with E-state index in [1.165, 1.54) is 0 Å². The molecule has 142 valence electrons. The maximum absolute atomic E-state index is 12.2. The lowest BCUT2D eigenvalue weighted by molar-refractivity contribution is 0.0507. The summed E-state index contributed by atoms with van der Waals surface area (Å²) in [5, 5.41) is 13.0. The molecule has 1 aromatic carbocycles. The monoisotopic (exact) mass is 374 g/mol. The van der Waals surface area contributed by atoms with Gasteiger partial charge in [-0.05, 0) is 58.0 Å². The molecule has 6 nitrogen and oxygen atoms in total. The van der Waals surface area contributed by atoms with Crippen LogP contribution in [0.5, 0.6) is 0 Å². The SMILES string of the molecule is CC(NC(=O)OC(C)(C)C)c1nc2cccc(C#N)c2cc1-c1ccccn1. The number of nitrogens with zero attached hydrogens (tertiary/aromatic N) is 3. The van der Waals surface area contributed by atoms with E-state index < -0.39 is 17.7 Å². The Morgan fingerprint density at radius 1 is 1.21 bits per heavy atom. The van der Waals surface area contributed by atoms with Crippen molar-refractivity contribution in [2.75, 3.05) is 0 Å². The van der Waals surface area contributed by atoms with Crippen LogP contribution in [0.1, 0.15) is 45.0 Å². The van der Waals surface area contributed by atoms with E-state index in [0.717, 1.165) is 16.6 Å². The number of rotatable bonds is 3. The van der Waals surface area contributed by atoms with E-state index in [1.807, 2.05) is 58.0 Å². The number of benzene rings is 1. The molecule has 0 saturated carbocycles. The summed E-state index contributed by atoms with van der Waals surface area (Å²) in [6, 6.07) is 14.7. The van der Waals surface area contributed by atoms with Crippen LogP contribution < -0.4 is 5.32 Å². The number of nitriles is 1. The van der Waals surface area contributed by atoms with Crippen molar-refractivity contribution >= 4 is 17.0 Å². The highest BCUT2D eigenvalue weighted by Crippen LogP contribution is 2.30. The molecular weight excluding hydrogens is 352 g/mol. The Labute approximate surface area is 164 Å². The van der Waals surface area contributed by atoms with E-state index in [9.17, 15) is 10.1 Å². The van der Waals surface area contributed by atoms with Crippen LogP contribution in [0.25, 0.3) is 22.2 Å². The van der Waals surface area contributed by atoms with Crippen molar-refractivity contribution in [3.8, 4) is 17.3 Å². The van der Waals surface area contributed by atoms with E-state index in [1.54, 1.807) is 18.3 Å². The minimum absolute atomic E-state index is 0.415. The molecule has 0 spiro atoms. The Kier molecular flexibility index (Phi) is 5.27. The predicted molar refractivity (Wildman–Crippen MR) is 107 cm³/mol. The Morgan fingerprint density at radius 2 is 2.00 bits per heavy atom. The van der Waals surface area contributed by atoms with Crippen molar-refractivity contribution in [3.05, 3.63) is 59.9 Å². The minimum atomic E-state index is -0.591. The summed E-state index contributed by atoms with van der Waals surface area (Å²) in [4.78, 5) is 21.4. The molecule has 2 aromatic heterocycles. The first kappa shape index (κ1) is 19.3. The number of hydrogen-bond donors (Lipinski definition) is 1. The number of ether oxygens (including phenoxy) is 1. The van der Waals surface area contributed by atoms with Crippen molar-refractivity contribution < 1.29 is 9.53 Å². The zero-order valence-corrected chi connectivity index (χ0v) is 16.4. The standard InChI is InChI=1S/C22H22N4O2/c1-14(25-21(27)28-22(2,3)4)20-17(18-9-5-6-11-24-18)12-16-15(13-23)8-7-10-19(16)26-20/h5-12,14H,1-4H3,(H,25,27). The first-order valence-electron chi connectivity index (χ1n) is 9.03. The number of alkyl carbamates (subject to hydrolysis) is 1. The maximum atomic E-state index is 12.2. The number of amides is 1. The van der Waals surface area contributed by atoms with E-state index in [2.05, 4.69) is 16.4 Å². The van der Waals surface area contributed by atoms with Crippen LogP contribution in [0, 0.1) is 11.3 Å². The van der Waals surface area contributed by atoms with Crippen LogP contribution in [0.4, 0.5) is 4.79 Å². The van der Waals surface area contributed by atoms with E-state index in [4.69, 9.17) is 9.72 Å². The molecule has 1 amide bonds. The van der Waals surface area contributed by atoms with Gasteiger partial charge in [0.1, 0.15) is 5.60 Å². The second-order valence-corrected chi connectivity index (χ2v) is 7.49. The van der Waals surface area contributed by atoms with Gasteiger partial charge in [0, 0.05) is 17.1 Å². The summed E-state index contributed by atoms with van der Waals surface area (Å²) >= 11 is 0. The molecule has 1 N–H and O–H groups in total. The van der Waals surface area contributed by atoms with Crippen LogP contribution in [0.3, 0.4) is 0 Å². The summed E-state index contributed by atoms with van der Waals surface area (Å²) in [6.07, 6.45) is 1.19. The van der Waals surface area contributed by atoms with Crippen molar-refractivity contribution in [1.82, 2.24) is 15.3 Å². The van der Waals surface area contributed by atoms with Gasteiger partial charge in [-0.15, -0.1) is 0 Å². The van der Waals surface area contributed by atoms with Crippen molar-refractivity contribution in [2.45, 2.75) is 39.3 Å². The van der Waals surface area contributed by atoms with Crippen LogP contribution >= 0.6 is 0 Å². The molecule has 6 heteroatoms. The summed E-state index contributed by atoms with van der Waals surface area (Å²) in [7, 11) is 0. The van der Waals surface area contributed by atoms with Gasteiger partial charge in [-0.3, -0.25) is 4.98 Å². The lowest BCUT2D eigenvalue weighted by Gasteiger charge is -2.23. The Bertz CT molecular complexity index is 1050. The topological polar surface area (TPSA) is 87.9 Å². The fourth-order valence-electron chi connectivity index (χ4n) is 2.92. The number of carbonyl (C=O) groups excluding carboxylic acids is 1. The molecule has 0 saturated heterocycles. The molecular formula is C22H22N4O2. The molecule has 1 unspecified atom stereocenters. The summed E-state index contributed by atoms with van der Waals surface area (Å²) in [5.74, 6) is 0. The molecule has 0 radical (unpaired) electrons. The fourth-order valence-corrected chi connectivity index (χ4v) is 2.92. The zero-order chi connectivity index (χ0) is 20.3. The molecule has 3 aromatic rings. The van der Waals surface area contributed by atoms with E-state index in [-0.39, 0.29) is 0 Å². The number of nitrogens with one attached hydrogen (secondary N) is 1. The number of fused-ring (bicyclic) bond motifs is 1. The molecule has 28 heavy (non-hydrogen) atoms. The molecule has 0 bridgehead atoms. The number of carbonyl (C=O) groups is 1. The summed E-state index contributed by atoms with van der Waals surface area (Å²) < 4.78 is 5.36. The van der Waals surface area contributed by atoms with Gasteiger partial charge in [-0.25, -0.2) is 9.78 Å². The Hall–Kier alpha value is -3.46. The van der Waals surface area contributed by atoms with Gasteiger partial charge in [0.15, 0.2) is 0 Å². The number of pyridine rings is 2. The first-order chi connectivity index (χ1) is 13.3. The number of hydrogen-bond acceptors (Lipinski definition) is 5.